The topological polar surface area (TPSA) is 146 Å². The summed E-state index contributed by atoms with van der Waals surface area (Å²) in [4.78, 5) is 34.9. The molecule has 1 saturated heterocycles. The normalized spacial score (nSPS) is 17.0. The Kier molecular flexibility index (Phi) is 8.95. The third-order valence-electron chi connectivity index (χ3n) is 6.32. The summed E-state index contributed by atoms with van der Waals surface area (Å²) in [5, 5.41) is 26.7. The summed E-state index contributed by atoms with van der Waals surface area (Å²) in [5.41, 5.74) is 0.130. The number of aromatic nitrogens is 3. The van der Waals surface area contributed by atoms with Gasteiger partial charge in [-0.25, -0.2) is 23.2 Å². The molecule has 0 unspecified atom stereocenters. The van der Waals surface area contributed by atoms with E-state index in [0.29, 0.717) is 0 Å². The number of hydrogen-bond donors (Lipinski definition) is 2. The number of guanidine groups is 1. The van der Waals surface area contributed by atoms with Crippen molar-refractivity contribution in [1.82, 2.24) is 25.0 Å². The molecule has 0 saturated carbocycles. The lowest BCUT2D eigenvalue weighted by atomic mass is 9.87. The summed E-state index contributed by atoms with van der Waals surface area (Å²) >= 11 is 6.29. The number of nitrogens with zero attached hydrogens (tertiary/aromatic N) is 6. The fraction of sp³-hybridized carbons (Fsp3) is 0.333. The molecule has 2 aromatic carbocycles. The lowest BCUT2D eigenvalue weighted by Gasteiger charge is -2.27. The average molecular weight is 586 g/mol. The van der Waals surface area contributed by atoms with Crippen LogP contribution in [0.2, 0.25) is 5.02 Å². The van der Waals surface area contributed by atoms with Gasteiger partial charge in [-0.3, -0.25) is 9.69 Å². The second kappa shape index (κ2) is 12.4. The Bertz CT molecular complexity index is 1490. The molecule has 1 aliphatic rings. The van der Waals surface area contributed by atoms with Gasteiger partial charge in [0, 0.05) is 0 Å². The van der Waals surface area contributed by atoms with Crippen molar-refractivity contribution in [3.05, 3.63) is 76.8 Å². The predicted octanol–water partition coefficient (Wildman–Crippen LogP) is 4.32. The SMILES string of the molecule is CC(C)(C#N)C[C@H]1NC(=NC(=O)OCc2ccccc2)N([C@H](CO)c2ccc(Cl)c(-n3ncnc3C(F)F)c2)C1=O. The predicted molar refractivity (Wildman–Crippen MR) is 143 cm³/mol. The number of amides is 2. The number of aliphatic imine (C=N–C) groups is 1. The summed E-state index contributed by atoms with van der Waals surface area (Å²) in [5.74, 6) is -1.41. The number of hydrogen-bond acceptors (Lipinski definition) is 7. The Hall–Kier alpha value is -4.41. The molecule has 2 N–H and O–H groups in total. The second-order valence-electron chi connectivity index (χ2n) is 9.82. The maximum Gasteiger partial charge on any atom is 0.437 e. The van der Waals surface area contributed by atoms with E-state index in [0.717, 1.165) is 21.5 Å². The zero-order chi connectivity index (χ0) is 29.7. The number of alkyl halides is 2. The minimum atomic E-state index is -2.94. The standard InChI is InChI=1S/C27H26ClF2N7O4/c1-27(2,14-31)11-19-24(39)36(25(34-19)35-26(40)41-13-16-6-4-3-5-7-16)21(12-38)17-8-9-18(28)20(10-17)37-23(22(29)30)32-15-33-37/h3-10,15,19,21-22,38H,11-13H2,1-2H3,(H,34,35,40)/t19-,21-/m1/s1. The van der Waals surface area contributed by atoms with Crippen molar-refractivity contribution >= 4 is 29.6 Å². The summed E-state index contributed by atoms with van der Waals surface area (Å²) in [6.45, 7) is 2.61. The van der Waals surface area contributed by atoms with Gasteiger partial charge in [-0.15, -0.1) is 4.99 Å². The van der Waals surface area contributed by atoms with E-state index in [1.807, 2.05) is 6.07 Å². The highest BCUT2D eigenvalue weighted by atomic mass is 35.5. The number of aliphatic hydroxyl groups excluding tert-OH is 1. The first-order valence-corrected chi connectivity index (χ1v) is 12.8. The quantitative estimate of drug-likeness (QED) is 0.377. The van der Waals surface area contributed by atoms with Crippen molar-refractivity contribution in [2.75, 3.05) is 6.61 Å². The van der Waals surface area contributed by atoms with Crippen molar-refractivity contribution in [3.8, 4) is 11.8 Å². The number of halogens is 3. The van der Waals surface area contributed by atoms with Crippen LogP contribution in [-0.4, -0.2) is 55.4 Å². The average Bonchev–Trinajstić information content (AvgIpc) is 3.55. The molecule has 14 heteroatoms. The van der Waals surface area contributed by atoms with E-state index in [4.69, 9.17) is 16.3 Å². The van der Waals surface area contributed by atoms with Gasteiger partial charge in [0.25, 0.3) is 12.3 Å². The fourth-order valence-corrected chi connectivity index (χ4v) is 4.50. The van der Waals surface area contributed by atoms with E-state index in [1.54, 1.807) is 38.1 Å². The first-order chi connectivity index (χ1) is 19.5. The molecule has 0 aliphatic carbocycles. The van der Waals surface area contributed by atoms with Gasteiger partial charge in [-0.2, -0.15) is 10.4 Å². The molecule has 1 fully saturated rings. The van der Waals surface area contributed by atoms with Crippen LogP contribution in [-0.2, 0) is 16.1 Å². The summed E-state index contributed by atoms with van der Waals surface area (Å²) in [7, 11) is 0. The number of rotatable bonds is 9. The monoisotopic (exact) mass is 585 g/mol. The smallest absolute Gasteiger partial charge is 0.437 e. The van der Waals surface area contributed by atoms with Crippen molar-refractivity contribution in [3.63, 3.8) is 0 Å². The van der Waals surface area contributed by atoms with Crippen LogP contribution in [0.4, 0.5) is 13.6 Å². The van der Waals surface area contributed by atoms with E-state index < -0.39 is 48.4 Å². The van der Waals surface area contributed by atoms with Gasteiger partial charge >= 0.3 is 6.09 Å². The molecule has 2 atom stereocenters. The van der Waals surface area contributed by atoms with Crippen LogP contribution in [0.3, 0.4) is 0 Å². The molecule has 2 heterocycles. The van der Waals surface area contributed by atoms with Crippen LogP contribution < -0.4 is 5.32 Å². The Morgan fingerprint density at radius 2 is 2.02 bits per heavy atom. The molecule has 0 bridgehead atoms. The van der Waals surface area contributed by atoms with Gasteiger partial charge in [-0.05, 0) is 43.5 Å². The minimum absolute atomic E-state index is 0.0398. The number of aliphatic hydroxyl groups is 1. The third kappa shape index (κ3) is 6.67. The highest BCUT2D eigenvalue weighted by molar-refractivity contribution is 6.32. The summed E-state index contributed by atoms with van der Waals surface area (Å²) in [6.07, 6.45) is -2.92. The number of nitriles is 1. The number of ether oxygens (including phenoxy) is 1. The van der Waals surface area contributed by atoms with Crippen molar-refractivity contribution < 1.29 is 28.2 Å². The molecule has 2 amide bonds. The first-order valence-electron chi connectivity index (χ1n) is 12.4. The van der Waals surface area contributed by atoms with Crippen LogP contribution in [0.15, 0.2) is 59.9 Å². The fourth-order valence-electron chi connectivity index (χ4n) is 4.30. The van der Waals surface area contributed by atoms with Crippen molar-refractivity contribution in [2.45, 2.75) is 45.4 Å². The molecule has 4 rings (SSSR count). The van der Waals surface area contributed by atoms with E-state index in [9.17, 15) is 28.7 Å². The summed E-state index contributed by atoms with van der Waals surface area (Å²) < 4.78 is 33.1. The minimum Gasteiger partial charge on any atom is -0.443 e. The molecule has 1 aromatic heterocycles. The number of benzene rings is 2. The molecular formula is C27H26ClF2N7O4. The zero-order valence-electron chi connectivity index (χ0n) is 22.0. The first kappa shape index (κ1) is 29.6. The van der Waals surface area contributed by atoms with Crippen LogP contribution in [0.5, 0.6) is 0 Å². The lowest BCUT2D eigenvalue weighted by molar-refractivity contribution is -0.129. The second-order valence-corrected chi connectivity index (χ2v) is 10.2. The Morgan fingerprint density at radius 3 is 2.68 bits per heavy atom. The van der Waals surface area contributed by atoms with Crippen LogP contribution >= 0.6 is 11.6 Å². The molecule has 3 aromatic rings. The van der Waals surface area contributed by atoms with Gasteiger partial charge in [-0.1, -0.05) is 48.0 Å². The molecule has 1 aliphatic heterocycles. The van der Waals surface area contributed by atoms with Crippen molar-refractivity contribution in [1.29, 1.82) is 5.26 Å². The van der Waals surface area contributed by atoms with Gasteiger partial charge in [0.15, 0.2) is 5.82 Å². The van der Waals surface area contributed by atoms with E-state index in [2.05, 4.69) is 26.5 Å². The number of carbonyl (C=O) groups is 2. The maximum absolute atomic E-state index is 13.6. The molecule has 214 valence electrons. The molecule has 0 radical (unpaired) electrons. The van der Waals surface area contributed by atoms with Crippen LogP contribution in [0, 0.1) is 16.7 Å². The van der Waals surface area contributed by atoms with Crippen LogP contribution in [0.25, 0.3) is 5.69 Å². The molecule has 11 nitrogen and oxygen atoms in total. The highest BCUT2D eigenvalue weighted by Crippen LogP contribution is 2.33. The van der Waals surface area contributed by atoms with Gasteiger partial charge < -0.3 is 15.2 Å². The Balaban J connectivity index is 1.70. The zero-order valence-corrected chi connectivity index (χ0v) is 22.8. The van der Waals surface area contributed by atoms with Gasteiger partial charge in [0.1, 0.15) is 19.0 Å². The number of carbonyl (C=O) groups excluding carboxylic acids is 2. The Labute approximate surface area is 239 Å². The largest absolute Gasteiger partial charge is 0.443 e. The van der Waals surface area contributed by atoms with Crippen molar-refractivity contribution in [2.24, 2.45) is 10.4 Å². The van der Waals surface area contributed by atoms with Crippen LogP contribution in [0.1, 0.15) is 49.7 Å². The van der Waals surface area contributed by atoms with Gasteiger partial charge in [0.05, 0.1) is 34.8 Å². The highest BCUT2D eigenvalue weighted by Gasteiger charge is 2.44. The molecular weight excluding hydrogens is 560 g/mol. The lowest BCUT2D eigenvalue weighted by Crippen LogP contribution is -2.39. The maximum atomic E-state index is 13.6. The number of nitrogens with one attached hydrogen (secondary N) is 1. The van der Waals surface area contributed by atoms with Gasteiger partial charge in [0.2, 0.25) is 5.96 Å². The Morgan fingerprint density at radius 1 is 1.29 bits per heavy atom. The van der Waals surface area contributed by atoms with E-state index in [-0.39, 0.29) is 35.3 Å². The third-order valence-corrected chi connectivity index (χ3v) is 6.64. The van der Waals surface area contributed by atoms with E-state index in [1.165, 1.54) is 18.2 Å². The molecule has 0 spiro atoms. The summed E-state index contributed by atoms with van der Waals surface area (Å²) in [6, 6.07) is 13.2. The molecule has 41 heavy (non-hydrogen) atoms. The van der Waals surface area contributed by atoms with E-state index >= 15 is 0 Å².